The van der Waals surface area contributed by atoms with Gasteiger partial charge in [-0.2, -0.15) is 4.31 Å². The van der Waals surface area contributed by atoms with Crippen LogP contribution in [-0.2, 0) is 14.8 Å². The molecule has 0 spiro atoms. The van der Waals surface area contributed by atoms with Gasteiger partial charge in [0.15, 0.2) is 0 Å². The summed E-state index contributed by atoms with van der Waals surface area (Å²) in [5.41, 5.74) is -0.162. The van der Waals surface area contributed by atoms with Crippen LogP contribution in [0.25, 0.3) is 0 Å². The van der Waals surface area contributed by atoms with Gasteiger partial charge >= 0.3 is 5.97 Å². The number of carbonyl (C=O) groups is 1. The van der Waals surface area contributed by atoms with Crippen molar-refractivity contribution in [1.29, 1.82) is 0 Å². The van der Waals surface area contributed by atoms with Crippen LogP contribution in [-0.4, -0.2) is 67.1 Å². The molecule has 224 valence electrons. The summed E-state index contributed by atoms with van der Waals surface area (Å²) in [5.74, 6) is -6.68. The number of hydrogen-bond acceptors (Lipinski definition) is 6. The number of para-hydroxylation sites is 1. The molecule has 1 atom stereocenters. The molecular weight excluding hydrogens is 584 g/mol. The van der Waals surface area contributed by atoms with Crippen molar-refractivity contribution in [3.05, 3.63) is 42.5 Å². The SMILES string of the molecule is CN1[C@@H](CCC(C)(F)F)CN(c2ccccc2)c2cc(SC3CC(F)(F)C3)c(OCC3(C(=O)O)CC3)cc2S1(=O)=O. The first-order chi connectivity index (χ1) is 19.1. The van der Waals surface area contributed by atoms with Gasteiger partial charge in [-0.05, 0) is 44.4 Å². The summed E-state index contributed by atoms with van der Waals surface area (Å²) >= 11 is 1.14. The minimum atomic E-state index is -4.23. The summed E-state index contributed by atoms with van der Waals surface area (Å²) in [5, 5.41) is 9.18. The third-order valence-corrected chi connectivity index (χ3v) is 11.2. The lowest BCUT2D eigenvalue weighted by Crippen LogP contribution is -2.41. The first-order valence-electron chi connectivity index (χ1n) is 13.4. The molecular formula is C28H32F4N2O5S2. The smallest absolute Gasteiger partial charge is 0.313 e. The molecule has 1 N–H and O–H groups in total. The van der Waals surface area contributed by atoms with Crippen LogP contribution < -0.4 is 9.64 Å². The Balaban J connectivity index is 1.60. The highest BCUT2D eigenvalue weighted by Gasteiger charge is 2.52. The number of aliphatic carboxylic acids is 1. The number of thioether (sulfide) groups is 1. The molecule has 5 rings (SSSR count). The second-order valence-corrected chi connectivity index (χ2v) is 14.7. The summed E-state index contributed by atoms with van der Waals surface area (Å²) in [6, 6.07) is 11.0. The van der Waals surface area contributed by atoms with Crippen LogP contribution in [0.5, 0.6) is 5.75 Å². The standard InChI is InChI=1S/C28H32F4N2O5S2/c1-26(29,30)9-8-19-16-34(18-6-4-3-5-7-18)21-12-23(40-20-14-28(31,32)15-20)22(13-24(21)41(37,38)33(19)2)39-17-27(10-11-27)25(35)36/h3-7,12-13,19-20H,8-11,14-17H2,1-2H3,(H,35,36)/t19-/m0/s1. The zero-order chi connectivity index (χ0) is 29.8. The van der Waals surface area contributed by atoms with Gasteiger partial charge in [-0.25, -0.2) is 26.0 Å². The number of sulfonamides is 1. The lowest BCUT2D eigenvalue weighted by atomic mass is 9.94. The van der Waals surface area contributed by atoms with E-state index in [1.165, 1.54) is 13.1 Å². The molecule has 0 amide bonds. The van der Waals surface area contributed by atoms with Crippen LogP contribution in [0.2, 0.25) is 0 Å². The number of ether oxygens (including phenoxy) is 1. The number of benzene rings is 2. The van der Waals surface area contributed by atoms with E-state index < -0.39 is 51.0 Å². The van der Waals surface area contributed by atoms with E-state index in [2.05, 4.69) is 0 Å². The second-order valence-electron chi connectivity index (χ2n) is 11.4. The molecule has 2 aliphatic carbocycles. The maximum atomic E-state index is 14.0. The van der Waals surface area contributed by atoms with Crippen LogP contribution in [0.4, 0.5) is 28.9 Å². The summed E-state index contributed by atoms with van der Waals surface area (Å²) < 4.78 is 90.0. The zero-order valence-corrected chi connectivity index (χ0v) is 24.3. The number of carboxylic acids is 1. The van der Waals surface area contributed by atoms with E-state index in [0.717, 1.165) is 23.0 Å². The van der Waals surface area contributed by atoms with E-state index >= 15 is 0 Å². The number of carboxylic acid groups (broad SMARTS) is 1. The van der Waals surface area contributed by atoms with Crippen LogP contribution in [0, 0.1) is 5.41 Å². The third-order valence-electron chi connectivity index (χ3n) is 8.02. The third kappa shape index (κ3) is 6.31. The fourth-order valence-electron chi connectivity index (χ4n) is 5.13. The molecule has 7 nitrogen and oxygen atoms in total. The van der Waals surface area contributed by atoms with Gasteiger partial charge in [-0.3, -0.25) is 4.79 Å². The quantitative estimate of drug-likeness (QED) is 0.310. The normalized spacial score (nSPS) is 23.3. The van der Waals surface area contributed by atoms with Gasteiger partial charge in [0.2, 0.25) is 21.9 Å². The second kappa shape index (κ2) is 10.6. The first kappa shape index (κ1) is 30.0. The number of fused-ring (bicyclic) bond motifs is 1. The molecule has 1 aliphatic heterocycles. The number of anilines is 2. The van der Waals surface area contributed by atoms with Crippen molar-refractivity contribution in [1.82, 2.24) is 4.31 Å². The molecule has 2 aromatic rings. The Bertz CT molecular complexity index is 1410. The zero-order valence-electron chi connectivity index (χ0n) is 22.7. The van der Waals surface area contributed by atoms with Gasteiger partial charge in [0.1, 0.15) is 22.7 Å². The van der Waals surface area contributed by atoms with Crippen molar-refractivity contribution < 1.29 is 40.6 Å². The van der Waals surface area contributed by atoms with E-state index in [4.69, 9.17) is 4.74 Å². The maximum absolute atomic E-state index is 14.0. The lowest BCUT2D eigenvalue weighted by molar-refractivity contribution is -0.144. The molecule has 0 aromatic heterocycles. The molecule has 0 bridgehead atoms. The molecule has 13 heteroatoms. The number of hydrogen-bond donors (Lipinski definition) is 1. The van der Waals surface area contributed by atoms with Gasteiger partial charge in [-0.1, -0.05) is 18.2 Å². The fraction of sp³-hybridized carbons (Fsp3) is 0.536. The molecule has 0 radical (unpaired) electrons. The summed E-state index contributed by atoms with van der Waals surface area (Å²) in [6.07, 6.45) is -0.471. The van der Waals surface area contributed by atoms with Crippen LogP contribution >= 0.6 is 11.8 Å². The Morgan fingerprint density at radius 2 is 1.83 bits per heavy atom. The van der Waals surface area contributed by atoms with Gasteiger partial charge in [0.25, 0.3) is 0 Å². The Hall–Kier alpha value is -2.51. The molecule has 0 unspecified atom stereocenters. The van der Waals surface area contributed by atoms with Gasteiger partial charge in [0, 0.05) is 55.9 Å². The Kier molecular flexibility index (Phi) is 7.78. The Morgan fingerprint density at radius 1 is 1.17 bits per heavy atom. The van der Waals surface area contributed by atoms with Crippen molar-refractivity contribution in [2.24, 2.45) is 5.41 Å². The van der Waals surface area contributed by atoms with Crippen molar-refractivity contribution in [3.8, 4) is 5.75 Å². The highest BCUT2D eigenvalue weighted by atomic mass is 32.2. The predicted molar refractivity (Wildman–Crippen MR) is 147 cm³/mol. The van der Waals surface area contributed by atoms with Crippen molar-refractivity contribution in [2.45, 2.75) is 78.4 Å². The van der Waals surface area contributed by atoms with Crippen LogP contribution in [0.15, 0.2) is 52.3 Å². The number of rotatable bonds is 10. The van der Waals surface area contributed by atoms with Crippen LogP contribution in [0.1, 0.15) is 45.4 Å². The average Bonchev–Trinajstić information content (AvgIpc) is 3.68. The summed E-state index contributed by atoms with van der Waals surface area (Å²) in [7, 11) is -2.87. The van der Waals surface area contributed by atoms with Gasteiger partial charge in [0.05, 0.1) is 10.6 Å². The largest absolute Gasteiger partial charge is 0.491 e. The van der Waals surface area contributed by atoms with E-state index in [-0.39, 0.29) is 48.7 Å². The number of halogens is 4. The Morgan fingerprint density at radius 3 is 2.39 bits per heavy atom. The summed E-state index contributed by atoms with van der Waals surface area (Å²) in [4.78, 5) is 13.8. The Labute approximate surface area is 240 Å². The molecule has 3 aliphatic rings. The van der Waals surface area contributed by atoms with Crippen molar-refractivity contribution >= 4 is 39.1 Å². The molecule has 2 fully saturated rings. The number of likely N-dealkylation sites (N-methyl/N-ethyl adjacent to an activating group) is 1. The fourth-order valence-corrected chi connectivity index (χ4v) is 8.12. The highest BCUT2D eigenvalue weighted by Crippen LogP contribution is 2.52. The van der Waals surface area contributed by atoms with E-state index in [1.54, 1.807) is 41.3 Å². The maximum Gasteiger partial charge on any atom is 0.313 e. The minimum absolute atomic E-state index is 0.0801. The number of nitrogens with zero attached hydrogens (tertiary/aromatic N) is 2. The van der Waals surface area contributed by atoms with Crippen molar-refractivity contribution in [2.75, 3.05) is 25.1 Å². The van der Waals surface area contributed by atoms with Crippen molar-refractivity contribution in [3.63, 3.8) is 0 Å². The molecule has 0 saturated heterocycles. The molecule has 41 heavy (non-hydrogen) atoms. The monoisotopic (exact) mass is 616 g/mol. The predicted octanol–water partition coefficient (Wildman–Crippen LogP) is 6.40. The summed E-state index contributed by atoms with van der Waals surface area (Å²) in [6.45, 7) is 0.682. The number of alkyl halides is 4. The highest BCUT2D eigenvalue weighted by molar-refractivity contribution is 8.00. The topological polar surface area (TPSA) is 87.2 Å². The molecule has 1 heterocycles. The van der Waals surface area contributed by atoms with Gasteiger partial charge in [-0.15, -0.1) is 11.8 Å². The van der Waals surface area contributed by atoms with E-state index in [1.807, 2.05) is 0 Å². The van der Waals surface area contributed by atoms with Crippen LogP contribution in [0.3, 0.4) is 0 Å². The molecule has 2 aromatic carbocycles. The minimum Gasteiger partial charge on any atom is -0.491 e. The van der Waals surface area contributed by atoms with E-state index in [9.17, 15) is 35.9 Å². The average molecular weight is 617 g/mol. The van der Waals surface area contributed by atoms with E-state index in [0.29, 0.717) is 23.4 Å². The molecule has 2 saturated carbocycles. The van der Waals surface area contributed by atoms with Gasteiger partial charge < -0.3 is 14.7 Å². The lowest BCUT2D eigenvalue weighted by Gasteiger charge is -2.35. The first-order valence-corrected chi connectivity index (χ1v) is 15.7.